The Labute approximate surface area is 145 Å². The Balaban J connectivity index is 1.50. The smallest absolute Gasteiger partial charge is 0.322 e. The maximum atomic E-state index is 12.5. The van der Waals surface area contributed by atoms with Crippen molar-refractivity contribution in [2.75, 3.05) is 11.9 Å². The fourth-order valence-corrected chi connectivity index (χ4v) is 3.08. The number of pyridine rings is 1. The van der Waals surface area contributed by atoms with Crippen molar-refractivity contribution in [3.8, 4) is 0 Å². The fraction of sp³-hybridized carbons (Fsp3) is 0.278. The zero-order chi connectivity index (χ0) is 17.1. The normalized spacial score (nSPS) is 18.2. The summed E-state index contributed by atoms with van der Waals surface area (Å²) >= 11 is 0. The first-order valence-corrected chi connectivity index (χ1v) is 8.35. The van der Waals surface area contributed by atoms with Crippen LogP contribution < -0.4 is 10.6 Å². The van der Waals surface area contributed by atoms with Gasteiger partial charge in [-0.05, 0) is 30.5 Å². The summed E-state index contributed by atoms with van der Waals surface area (Å²) in [4.78, 5) is 16.7. The summed E-state index contributed by atoms with van der Waals surface area (Å²) in [6.07, 6.45) is 3.68. The monoisotopic (exact) mass is 337 g/mol. The molecule has 1 aromatic carbocycles. The van der Waals surface area contributed by atoms with E-state index in [1.54, 1.807) is 10.7 Å². The van der Waals surface area contributed by atoms with Crippen molar-refractivity contribution in [1.82, 2.24) is 19.9 Å². The summed E-state index contributed by atoms with van der Waals surface area (Å²) in [7, 11) is 0. The molecule has 0 bridgehead atoms. The highest BCUT2D eigenvalue weighted by atomic mass is 16.5. The van der Waals surface area contributed by atoms with Gasteiger partial charge in [0.25, 0.3) is 5.95 Å². The quantitative estimate of drug-likeness (QED) is 0.767. The van der Waals surface area contributed by atoms with Crippen molar-refractivity contribution < 1.29 is 9.53 Å². The van der Waals surface area contributed by atoms with Crippen LogP contribution in [0.25, 0.3) is 5.65 Å². The molecule has 1 fully saturated rings. The highest BCUT2D eigenvalue weighted by Crippen LogP contribution is 2.26. The maximum absolute atomic E-state index is 12.5. The number of nitrogens with one attached hydrogen (secondary N) is 2. The van der Waals surface area contributed by atoms with E-state index in [-0.39, 0.29) is 24.1 Å². The first-order chi connectivity index (χ1) is 12.3. The molecule has 1 aliphatic rings. The standard InChI is InChI=1S/C18H19N5O2/c24-18(21-17-19-15-10-4-5-11-23(15)22-17)20-16(14-9-6-12-25-14)13-7-2-1-3-8-13/h1-5,7-8,10-11,14,16H,6,9,12H2,(H2,20,21,22,24). The molecule has 1 saturated heterocycles. The van der Waals surface area contributed by atoms with Crippen LogP contribution in [0.1, 0.15) is 24.4 Å². The molecule has 0 saturated carbocycles. The number of aromatic nitrogens is 3. The summed E-state index contributed by atoms with van der Waals surface area (Å²) in [5.74, 6) is 0.267. The maximum Gasteiger partial charge on any atom is 0.322 e. The number of amides is 2. The molecule has 2 aromatic heterocycles. The summed E-state index contributed by atoms with van der Waals surface area (Å²) in [5, 5.41) is 9.94. The first kappa shape index (κ1) is 15.6. The van der Waals surface area contributed by atoms with Crippen LogP contribution in [0.5, 0.6) is 0 Å². The average Bonchev–Trinajstić information content (AvgIpc) is 3.29. The van der Waals surface area contributed by atoms with Gasteiger partial charge in [-0.3, -0.25) is 5.32 Å². The lowest BCUT2D eigenvalue weighted by Gasteiger charge is -2.24. The molecule has 2 N–H and O–H groups in total. The van der Waals surface area contributed by atoms with Crippen molar-refractivity contribution in [1.29, 1.82) is 0 Å². The number of rotatable bonds is 4. The molecule has 128 valence electrons. The van der Waals surface area contributed by atoms with Gasteiger partial charge in [0.2, 0.25) is 0 Å². The van der Waals surface area contributed by atoms with Crippen molar-refractivity contribution in [3.05, 3.63) is 60.3 Å². The highest BCUT2D eigenvalue weighted by Gasteiger charge is 2.28. The van der Waals surface area contributed by atoms with Crippen LogP contribution in [0.4, 0.5) is 10.7 Å². The summed E-state index contributed by atoms with van der Waals surface area (Å²) in [6.45, 7) is 0.727. The number of carbonyl (C=O) groups is 1. The molecule has 3 aromatic rings. The van der Waals surface area contributed by atoms with E-state index < -0.39 is 0 Å². The number of anilines is 1. The average molecular weight is 337 g/mol. The Morgan fingerprint density at radius 2 is 2.04 bits per heavy atom. The summed E-state index contributed by atoms with van der Waals surface area (Å²) in [6, 6.07) is 14.9. The minimum Gasteiger partial charge on any atom is -0.376 e. The van der Waals surface area contributed by atoms with Crippen molar-refractivity contribution >= 4 is 17.6 Å². The molecule has 1 aliphatic heterocycles. The lowest BCUT2D eigenvalue weighted by molar-refractivity contribution is 0.0815. The molecule has 4 rings (SSSR count). The molecule has 7 heteroatoms. The number of nitrogens with zero attached hydrogens (tertiary/aromatic N) is 3. The second kappa shape index (κ2) is 6.90. The number of ether oxygens (including phenoxy) is 1. The fourth-order valence-electron chi connectivity index (χ4n) is 3.08. The Kier molecular flexibility index (Phi) is 4.30. The van der Waals surface area contributed by atoms with E-state index in [1.807, 2.05) is 48.5 Å². The number of hydrogen-bond donors (Lipinski definition) is 2. The molecule has 2 unspecified atom stereocenters. The van der Waals surface area contributed by atoms with Gasteiger partial charge in [0, 0.05) is 12.8 Å². The minimum atomic E-state index is -0.347. The van der Waals surface area contributed by atoms with Crippen LogP contribution >= 0.6 is 0 Å². The van der Waals surface area contributed by atoms with E-state index in [2.05, 4.69) is 20.7 Å². The van der Waals surface area contributed by atoms with Crippen molar-refractivity contribution in [3.63, 3.8) is 0 Å². The predicted octanol–water partition coefficient (Wildman–Crippen LogP) is 2.77. The third-order valence-electron chi connectivity index (χ3n) is 4.25. The van der Waals surface area contributed by atoms with Gasteiger partial charge in [-0.1, -0.05) is 36.4 Å². The van der Waals surface area contributed by atoms with E-state index >= 15 is 0 Å². The Morgan fingerprint density at radius 1 is 1.20 bits per heavy atom. The van der Waals surface area contributed by atoms with Gasteiger partial charge in [-0.25, -0.2) is 9.31 Å². The Bertz CT molecular complexity index is 825. The van der Waals surface area contributed by atoms with Crippen LogP contribution in [0.2, 0.25) is 0 Å². The number of urea groups is 1. The molecular weight excluding hydrogens is 318 g/mol. The zero-order valence-corrected chi connectivity index (χ0v) is 13.6. The topological polar surface area (TPSA) is 80.6 Å². The van der Waals surface area contributed by atoms with Gasteiger partial charge in [0.05, 0.1) is 12.1 Å². The van der Waals surface area contributed by atoms with Gasteiger partial charge in [0.15, 0.2) is 5.65 Å². The van der Waals surface area contributed by atoms with Gasteiger partial charge in [-0.2, -0.15) is 4.98 Å². The lowest BCUT2D eigenvalue weighted by Crippen LogP contribution is -2.38. The second-order valence-electron chi connectivity index (χ2n) is 5.98. The van der Waals surface area contributed by atoms with Gasteiger partial charge in [-0.15, -0.1) is 5.10 Å². The van der Waals surface area contributed by atoms with Crippen molar-refractivity contribution in [2.45, 2.75) is 25.0 Å². The zero-order valence-electron chi connectivity index (χ0n) is 13.6. The SMILES string of the molecule is O=C(Nc1nc2ccccn2n1)NC(c1ccccc1)C1CCCO1. The van der Waals surface area contributed by atoms with E-state index in [4.69, 9.17) is 4.74 Å². The molecule has 2 amide bonds. The molecule has 7 nitrogen and oxygen atoms in total. The molecule has 25 heavy (non-hydrogen) atoms. The van der Waals surface area contributed by atoms with E-state index in [9.17, 15) is 4.79 Å². The highest BCUT2D eigenvalue weighted by molar-refractivity contribution is 5.88. The van der Waals surface area contributed by atoms with E-state index in [1.165, 1.54) is 0 Å². The molecule has 0 aliphatic carbocycles. The third-order valence-corrected chi connectivity index (χ3v) is 4.25. The number of carbonyl (C=O) groups excluding carboxylic acids is 1. The van der Waals surface area contributed by atoms with Crippen LogP contribution in [-0.4, -0.2) is 33.3 Å². The van der Waals surface area contributed by atoms with Crippen LogP contribution in [-0.2, 0) is 4.74 Å². The Morgan fingerprint density at radius 3 is 2.80 bits per heavy atom. The van der Waals surface area contributed by atoms with Crippen LogP contribution in [0.15, 0.2) is 54.7 Å². The molecular formula is C18H19N5O2. The second-order valence-corrected chi connectivity index (χ2v) is 5.98. The molecule has 0 radical (unpaired) electrons. The van der Waals surface area contributed by atoms with Crippen LogP contribution in [0, 0.1) is 0 Å². The van der Waals surface area contributed by atoms with Gasteiger partial charge < -0.3 is 10.1 Å². The van der Waals surface area contributed by atoms with Crippen LogP contribution in [0.3, 0.4) is 0 Å². The largest absolute Gasteiger partial charge is 0.376 e. The third kappa shape index (κ3) is 3.46. The number of hydrogen-bond acceptors (Lipinski definition) is 4. The number of benzene rings is 1. The number of fused-ring (bicyclic) bond motifs is 1. The minimum absolute atomic E-state index is 0.0258. The Hall–Kier alpha value is -2.93. The summed E-state index contributed by atoms with van der Waals surface area (Å²) in [5.41, 5.74) is 1.70. The van der Waals surface area contributed by atoms with E-state index in [0.29, 0.717) is 5.65 Å². The summed E-state index contributed by atoms with van der Waals surface area (Å²) < 4.78 is 7.41. The van der Waals surface area contributed by atoms with Gasteiger partial charge in [0.1, 0.15) is 0 Å². The van der Waals surface area contributed by atoms with E-state index in [0.717, 1.165) is 25.0 Å². The first-order valence-electron chi connectivity index (χ1n) is 8.35. The van der Waals surface area contributed by atoms with Crippen molar-refractivity contribution in [2.24, 2.45) is 0 Å². The van der Waals surface area contributed by atoms with Gasteiger partial charge >= 0.3 is 6.03 Å². The predicted molar refractivity (Wildman–Crippen MR) is 93.3 cm³/mol. The lowest BCUT2D eigenvalue weighted by atomic mass is 9.99. The molecule has 2 atom stereocenters. The molecule has 3 heterocycles. The molecule has 0 spiro atoms.